The summed E-state index contributed by atoms with van der Waals surface area (Å²) in [5, 5.41) is 3.83. The molecule has 0 spiro atoms. The molecule has 4 heterocycles. The van der Waals surface area contributed by atoms with Gasteiger partial charge in [0.05, 0.1) is 22.5 Å². The highest BCUT2D eigenvalue weighted by atomic mass is 35.5. The van der Waals surface area contributed by atoms with E-state index in [0.29, 0.717) is 41.7 Å². The van der Waals surface area contributed by atoms with E-state index in [1.807, 2.05) is 13.0 Å². The summed E-state index contributed by atoms with van der Waals surface area (Å²) in [5.74, 6) is 0.672. The Bertz CT molecular complexity index is 1610. The summed E-state index contributed by atoms with van der Waals surface area (Å²) < 4.78 is 47.0. The second-order valence-electron chi connectivity index (χ2n) is 9.08. The maximum Gasteiger partial charge on any atom is 0.406 e. The van der Waals surface area contributed by atoms with Gasteiger partial charge in [-0.15, -0.1) is 11.3 Å². The second kappa shape index (κ2) is 10.5. The number of hydrogen-bond acceptors (Lipinski definition) is 7. The lowest BCUT2D eigenvalue weighted by Crippen LogP contribution is -2.41. The summed E-state index contributed by atoms with van der Waals surface area (Å²) in [6.07, 6.45) is -0.576. The van der Waals surface area contributed by atoms with Crippen LogP contribution in [-0.2, 0) is 13.1 Å². The quantitative estimate of drug-likeness (QED) is 0.373. The highest BCUT2D eigenvalue weighted by molar-refractivity contribution is 7.19. The van der Waals surface area contributed by atoms with Crippen LogP contribution in [0.1, 0.15) is 23.3 Å². The Hall–Kier alpha value is -3.22. The van der Waals surface area contributed by atoms with Crippen LogP contribution in [0.3, 0.4) is 0 Å². The van der Waals surface area contributed by atoms with Gasteiger partial charge >= 0.3 is 11.9 Å². The van der Waals surface area contributed by atoms with Gasteiger partial charge in [-0.2, -0.15) is 13.2 Å². The average Bonchev–Trinajstić information content (AvgIpc) is 3.28. The van der Waals surface area contributed by atoms with Gasteiger partial charge in [-0.05, 0) is 56.6 Å². The van der Waals surface area contributed by atoms with Crippen LogP contribution in [0.25, 0.3) is 21.5 Å². The summed E-state index contributed by atoms with van der Waals surface area (Å²) in [6, 6.07) is 6.25. The molecule has 0 saturated carbocycles. The number of rotatable bonds is 6. The van der Waals surface area contributed by atoms with E-state index >= 15 is 0 Å². The molecule has 13 heteroatoms. The fraction of sp³-hybridized carbons (Fsp3) is 0.360. The third kappa shape index (κ3) is 5.62. The number of alkyl halides is 3. The molecule has 200 valence electrons. The van der Waals surface area contributed by atoms with Crippen molar-refractivity contribution in [3.05, 3.63) is 73.1 Å². The number of fused-ring (bicyclic) bond motifs is 1. The van der Waals surface area contributed by atoms with Gasteiger partial charge < -0.3 is 10.1 Å². The molecule has 0 amide bonds. The summed E-state index contributed by atoms with van der Waals surface area (Å²) in [7, 11) is 0. The van der Waals surface area contributed by atoms with Crippen molar-refractivity contribution in [1.82, 2.24) is 24.4 Å². The lowest BCUT2D eigenvalue weighted by molar-refractivity contribution is -0.141. The first-order valence-electron chi connectivity index (χ1n) is 11.9. The van der Waals surface area contributed by atoms with E-state index in [9.17, 15) is 22.8 Å². The minimum Gasteiger partial charge on any atom is -0.489 e. The van der Waals surface area contributed by atoms with E-state index in [1.54, 1.807) is 12.1 Å². The molecule has 0 aliphatic carbocycles. The standard InChI is InChI=1S/C25H23ClF3N5O3S/c1-14-8-15(26)9-18(22(14)37-16-2-5-30-6-3-16)21-23-19(31-13-32-21)10-17(38-23)11-34-20(35)4-7-33(24(34)36)12-25(27,28)29/h4,7-10,13,16,30H,2-3,5-6,11-12H2,1H3. The van der Waals surface area contributed by atoms with E-state index in [0.717, 1.165) is 48.3 Å². The average molecular weight is 566 g/mol. The molecule has 0 bridgehead atoms. The van der Waals surface area contributed by atoms with Crippen molar-refractivity contribution in [3.63, 3.8) is 0 Å². The van der Waals surface area contributed by atoms with Crippen LogP contribution in [0, 0.1) is 6.92 Å². The number of aromatic nitrogens is 4. The minimum absolute atomic E-state index is 0.0370. The summed E-state index contributed by atoms with van der Waals surface area (Å²) in [4.78, 5) is 34.4. The Labute approximate surface area is 223 Å². The molecule has 1 aromatic carbocycles. The van der Waals surface area contributed by atoms with E-state index in [1.165, 1.54) is 17.7 Å². The summed E-state index contributed by atoms with van der Waals surface area (Å²) in [6.45, 7) is 1.95. The van der Waals surface area contributed by atoms with E-state index in [2.05, 4.69) is 15.3 Å². The fourth-order valence-corrected chi connectivity index (χ4v) is 5.86. The normalized spacial score (nSPS) is 14.8. The topological polar surface area (TPSA) is 91.0 Å². The van der Waals surface area contributed by atoms with Crippen molar-refractivity contribution in [1.29, 1.82) is 0 Å². The molecule has 0 atom stereocenters. The molecule has 0 unspecified atom stereocenters. The van der Waals surface area contributed by atoms with Crippen molar-refractivity contribution in [2.24, 2.45) is 0 Å². The third-order valence-electron chi connectivity index (χ3n) is 6.23. The lowest BCUT2D eigenvalue weighted by atomic mass is 10.0. The van der Waals surface area contributed by atoms with Crippen molar-refractivity contribution in [3.8, 4) is 17.0 Å². The zero-order valence-corrected chi connectivity index (χ0v) is 21.8. The van der Waals surface area contributed by atoms with Gasteiger partial charge in [-0.3, -0.25) is 13.9 Å². The van der Waals surface area contributed by atoms with Gasteiger partial charge in [0.25, 0.3) is 5.56 Å². The molecule has 0 radical (unpaired) electrons. The van der Waals surface area contributed by atoms with Crippen LogP contribution in [-0.4, -0.2) is 44.5 Å². The molecular weight excluding hydrogens is 543 g/mol. The van der Waals surface area contributed by atoms with Gasteiger partial charge in [0.2, 0.25) is 0 Å². The zero-order valence-electron chi connectivity index (χ0n) is 20.2. The van der Waals surface area contributed by atoms with Gasteiger partial charge in [-0.1, -0.05) is 11.6 Å². The molecule has 8 nitrogen and oxygen atoms in total. The summed E-state index contributed by atoms with van der Waals surface area (Å²) in [5.41, 5.74) is 0.965. The Morgan fingerprint density at radius 2 is 1.95 bits per heavy atom. The first-order chi connectivity index (χ1) is 18.1. The predicted molar refractivity (Wildman–Crippen MR) is 139 cm³/mol. The van der Waals surface area contributed by atoms with Gasteiger partial charge in [0, 0.05) is 27.7 Å². The number of benzene rings is 1. The van der Waals surface area contributed by atoms with Gasteiger partial charge in [0.15, 0.2) is 0 Å². The molecular formula is C25H23ClF3N5O3S. The maximum absolute atomic E-state index is 12.9. The van der Waals surface area contributed by atoms with Crippen LogP contribution < -0.4 is 21.3 Å². The maximum atomic E-state index is 12.9. The number of aryl methyl sites for hydroxylation is 1. The first kappa shape index (κ1) is 26.4. The number of nitrogens with one attached hydrogen (secondary N) is 1. The molecule has 1 aliphatic heterocycles. The molecule has 1 saturated heterocycles. The van der Waals surface area contributed by atoms with Crippen LogP contribution >= 0.6 is 22.9 Å². The van der Waals surface area contributed by atoms with Crippen LogP contribution in [0.4, 0.5) is 13.2 Å². The molecule has 5 rings (SSSR count). The van der Waals surface area contributed by atoms with E-state index in [4.69, 9.17) is 16.3 Å². The highest BCUT2D eigenvalue weighted by Crippen LogP contribution is 2.41. The summed E-state index contributed by atoms with van der Waals surface area (Å²) >= 11 is 7.67. The molecule has 1 N–H and O–H groups in total. The lowest BCUT2D eigenvalue weighted by Gasteiger charge is -2.26. The number of halogens is 4. The van der Waals surface area contributed by atoms with E-state index in [-0.39, 0.29) is 12.6 Å². The molecule has 1 fully saturated rings. The number of thiophene rings is 1. The number of piperidine rings is 1. The molecule has 3 aromatic heterocycles. The van der Waals surface area contributed by atoms with Crippen molar-refractivity contribution in [2.75, 3.05) is 13.1 Å². The SMILES string of the molecule is Cc1cc(Cl)cc(-c2ncnc3cc(Cn4c(=O)ccn(CC(F)(F)F)c4=O)sc23)c1OC1CCNCC1. The molecule has 1 aliphatic rings. The number of hydrogen-bond donors (Lipinski definition) is 1. The number of nitrogens with zero attached hydrogens (tertiary/aromatic N) is 4. The Morgan fingerprint density at radius 3 is 2.68 bits per heavy atom. The van der Waals surface area contributed by atoms with Crippen LogP contribution in [0.5, 0.6) is 5.75 Å². The van der Waals surface area contributed by atoms with Crippen molar-refractivity contribution >= 4 is 33.2 Å². The fourth-order valence-electron chi connectivity index (χ4n) is 4.49. The van der Waals surface area contributed by atoms with Gasteiger partial charge in [0.1, 0.15) is 24.7 Å². The van der Waals surface area contributed by atoms with Crippen LogP contribution in [0.2, 0.25) is 5.02 Å². The monoisotopic (exact) mass is 565 g/mol. The first-order valence-corrected chi connectivity index (χ1v) is 13.1. The third-order valence-corrected chi connectivity index (χ3v) is 7.56. The Morgan fingerprint density at radius 1 is 1.18 bits per heavy atom. The van der Waals surface area contributed by atoms with Crippen molar-refractivity contribution in [2.45, 2.75) is 45.1 Å². The van der Waals surface area contributed by atoms with Crippen LogP contribution in [0.15, 0.2) is 46.4 Å². The highest BCUT2D eigenvalue weighted by Gasteiger charge is 2.29. The Balaban J connectivity index is 1.55. The largest absolute Gasteiger partial charge is 0.489 e. The number of ether oxygens (including phenoxy) is 1. The minimum atomic E-state index is -4.60. The predicted octanol–water partition coefficient (Wildman–Crippen LogP) is 4.38. The van der Waals surface area contributed by atoms with Gasteiger partial charge in [-0.25, -0.2) is 14.8 Å². The Kier molecular flexibility index (Phi) is 7.30. The molecule has 38 heavy (non-hydrogen) atoms. The van der Waals surface area contributed by atoms with E-state index < -0.39 is 24.0 Å². The second-order valence-corrected chi connectivity index (χ2v) is 10.7. The molecule has 4 aromatic rings. The smallest absolute Gasteiger partial charge is 0.406 e. The zero-order chi connectivity index (χ0) is 27.0. The van der Waals surface area contributed by atoms with Crippen molar-refractivity contribution < 1.29 is 17.9 Å².